The van der Waals surface area contributed by atoms with Crippen molar-refractivity contribution >= 4 is 12.6 Å². The Morgan fingerprint density at radius 3 is 2.31 bits per heavy atom. The second-order valence-electron chi connectivity index (χ2n) is 5.82. The highest BCUT2D eigenvalue weighted by atomic mass is 32.1. The Morgan fingerprint density at radius 2 is 1.81 bits per heavy atom. The summed E-state index contributed by atoms with van der Waals surface area (Å²) < 4.78 is 5.46. The van der Waals surface area contributed by atoms with Crippen molar-refractivity contribution < 1.29 is 4.74 Å². The van der Waals surface area contributed by atoms with Gasteiger partial charge in [-0.15, -0.1) is 0 Å². The van der Waals surface area contributed by atoms with Gasteiger partial charge in [0.05, 0.1) is 13.2 Å². The molecule has 0 amide bonds. The van der Waals surface area contributed by atoms with Crippen LogP contribution in [0.2, 0.25) is 0 Å². The predicted molar refractivity (Wildman–Crippen MR) is 73.3 cm³/mol. The molecule has 1 aliphatic rings. The van der Waals surface area contributed by atoms with E-state index in [0.29, 0.717) is 5.41 Å². The lowest BCUT2D eigenvalue weighted by Gasteiger charge is -2.38. The Kier molecular flexibility index (Phi) is 6.16. The van der Waals surface area contributed by atoms with Crippen LogP contribution in [-0.2, 0) is 4.74 Å². The van der Waals surface area contributed by atoms with E-state index in [0.717, 1.165) is 31.4 Å². The minimum atomic E-state index is 0.481. The maximum Gasteiger partial charge on any atom is 0.0593 e. The standard InChI is InChI=1S/C13H27NOS/c1-13(2,3)12-4-6-14(7-5-12)8-9-15-10-11-16/h12,16H,4-11H2,1-3H3. The number of hydrogen-bond donors (Lipinski definition) is 1. The van der Waals surface area contributed by atoms with Crippen molar-refractivity contribution in [1.29, 1.82) is 0 Å². The normalized spacial score (nSPS) is 20.2. The van der Waals surface area contributed by atoms with Gasteiger partial charge in [-0.05, 0) is 37.3 Å². The number of hydrogen-bond acceptors (Lipinski definition) is 3. The smallest absolute Gasteiger partial charge is 0.0593 e. The molecule has 0 aromatic heterocycles. The maximum atomic E-state index is 5.46. The third-order valence-corrected chi connectivity index (χ3v) is 3.78. The van der Waals surface area contributed by atoms with Crippen LogP contribution in [0.1, 0.15) is 33.6 Å². The molecule has 2 nitrogen and oxygen atoms in total. The summed E-state index contributed by atoms with van der Waals surface area (Å²) in [5, 5.41) is 0. The summed E-state index contributed by atoms with van der Waals surface area (Å²) in [5.41, 5.74) is 0.481. The van der Waals surface area contributed by atoms with Crippen LogP contribution in [0.15, 0.2) is 0 Å². The Hall–Kier alpha value is 0.270. The van der Waals surface area contributed by atoms with Crippen LogP contribution in [0.5, 0.6) is 0 Å². The molecule has 0 aliphatic carbocycles. The topological polar surface area (TPSA) is 12.5 Å². The fraction of sp³-hybridized carbons (Fsp3) is 1.00. The highest BCUT2D eigenvalue weighted by Crippen LogP contribution is 2.33. The van der Waals surface area contributed by atoms with Crippen molar-refractivity contribution in [2.24, 2.45) is 11.3 Å². The van der Waals surface area contributed by atoms with Gasteiger partial charge in [-0.25, -0.2) is 0 Å². The minimum absolute atomic E-state index is 0.481. The van der Waals surface area contributed by atoms with E-state index in [2.05, 4.69) is 38.3 Å². The van der Waals surface area contributed by atoms with Crippen molar-refractivity contribution in [3.8, 4) is 0 Å². The molecule has 1 rings (SSSR count). The predicted octanol–water partition coefficient (Wildman–Crippen LogP) is 2.69. The summed E-state index contributed by atoms with van der Waals surface area (Å²) in [6.45, 7) is 12.3. The van der Waals surface area contributed by atoms with E-state index in [1.807, 2.05) is 0 Å². The van der Waals surface area contributed by atoms with E-state index in [4.69, 9.17) is 4.74 Å². The van der Waals surface area contributed by atoms with Crippen LogP contribution in [-0.4, -0.2) is 43.5 Å². The zero-order chi connectivity index (χ0) is 12.0. The molecule has 1 saturated heterocycles. The molecule has 16 heavy (non-hydrogen) atoms. The molecule has 0 aromatic rings. The summed E-state index contributed by atoms with van der Waals surface area (Å²) in [4.78, 5) is 2.53. The molecule has 0 aromatic carbocycles. The molecule has 1 fully saturated rings. The lowest BCUT2D eigenvalue weighted by Crippen LogP contribution is -2.39. The maximum absolute atomic E-state index is 5.46. The van der Waals surface area contributed by atoms with Crippen LogP contribution in [0, 0.1) is 11.3 Å². The van der Waals surface area contributed by atoms with Gasteiger partial charge in [0, 0.05) is 12.3 Å². The number of nitrogens with zero attached hydrogens (tertiary/aromatic N) is 1. The average molecular weight is 245 g/mol. The first kappa shape index (κ1) is 14.3. The van der Waals surface area contributed by atoms with Gasteiger partial charge < -0.3 is 9.64 Å². The van der Waals surface area contributed by atoms with Crippen molar-refractivity contribution in [2.45, 2.75) is 33.6 Å². The van der Waals surface area contributed by atoms with Gasteiger partial charge in [0.25, 0.3) is 0 Å². The highest BCUT2D eigenvalue weighted by Gasteiger charge is 2.28. The highest BCUT2D eigenvalue weighted by molar-refractivity contribution is 7.80. The number of thiol groups is 1. The molecule has 0 bridgehead atoms. The fourth-order valence-electron chi connectivity index (χ4n) is 2.38. The van der Waals surface area contributed by atoms with Crippen LogP contribution in [0.4, 0.5) is 0 Å². The zero-order valence-electron chi connectivity index (χ0n) is 11.0. The van der Waals surface area contributed by atoms with Gasteiger partial charge in [-0.1, -0.05) is 20.8 Å². The van der Waals surface area contributed by atoms with Gasteiger partial charge in [0.15, 0.2) is 0 Å². The first-order valence-corrected chi connectivity index (χ1v) is 7.08. The van der Waals surface area contributed by atoms with Crippen LogP contribution >= 0.6 is 12.6 Å². The molecular formula is C13H27NOS. The van der Waals surface area contributed by atoms with E-state index in [1.54, 1.807) is 0 Å². The second kappa shape index (κ2) is 6.87. The molecule has 96 valence electrons. The van der Waals surface area contributed by atoms with Gasteiger partial charge >= 0.3 is 0 Å². The van der Waals surface area contributed by atoms with E-state index in [9.17, 15) is 0 Å². The minimum Gasteiger partial charge on any atom is -0.379 e. The Balaban J connectivity index is 2.12. The van der Waals surface area contributed by atoms with Gasteiger partial charge in [-0.3, -0.25) is 0 Å². The summed E-state index contributed by atoms with van der Waals surface area (Å²) in [6.07, 6.45) is 2.69. The lowest BCUT2D eigenvalue weighted by molar-refractivity contribution is 0.0745. The van der Waals surface area contributed by atoms with Crippen LogP contribution in [0.3, 0.4) is 0 Å². The van der Waals surface area contributed by atoms with Crippen molar-refractivity contribution in [3.05, 3.63) is 0 Å². The van der Waals surface area contributed by atoms with Crippen LogP contribution in [0.25, 0.3) is 0 Å². The molecule has 0 atom stereocenters. The number of piperidine rings is 1. The number of likely N-dealkylation sites (tertiary alicyclic amines) is 1. The molecule has 1 aliphatic heterocycles. The summed E-state index contributed by atoms with van der Waals surface area (Å²) >= 11 is 4.13. The molecule has 1 heterocycles. The average Bonchev–Trinajstić information content (AvgIpc) is 2.24. The van der Waals surface area contributed by atoms with Gasteiger partial charge in [-0.2, -0.15) is 12.6 Å². The third-order valence-electron chi connectivity index (χ3n) is 3.60. The zero-order valence-corrected chi connectivity index (χ0v) is 11.9. The largest absolute Gasteiger partial charge is 0.379 e. The van der Waals surface area contributed by atoms with Crippen LogP contribution < -0.4 is 0 Å². The van der Waals surface area contributed by atoms with Crippen molar-refractivity contribution in [1.82, 2.24) is 4.90 Å². The van der Waals surface area contributed by atoms with Crippen molar-refractivity contribution in [2.75, 3.05) is 38.6 Å². The first-order chi connectivity index (χ1) is 7.54. The van der Waals surface area contributed by atoms with E-state index >= 15 is 0 Å². The first-order valence-electron chi connectivity index (χ1n) is 6.45. The fourth-order valence-corrected chi connectivity index (χ4v) is 2.51. The summed E-state index contributed by atoms with van der Waals surface area (Å²) in [6, 6.07) is 0. The quantitative estimate of drug-likeness (QED) is 0.590. The monoisotopic (exact) mass is 245 g/mol. The number of rotatable bonds is 5. The van der Waals surface area contributed by atoms with E-state index in [-0.39, 0.29) is 0 Å². The molecule has 0 radical (unpaired) electrons. The van der Waals surface area contributed by atoms with Gasteiger partial charge in [0.1, 0.15) is 0 Å². The Bertz CT molecular complexity index is 183. The molecule has 0 N–H and O–H groups in total. The van der Waals surface area contributed by atoms with Gasteiger partial charge in [0.2, 0.25) is 0 Å². The molecule has 0 spiro atoms. The lowest BCUT2D eigenvalue weighted by atomic mass is 9.75. The molecule has 3 heteroatoms. The van der Waals surface area contributed by atoms with E-state index < -0.39 is 0 Å². The SMILES string of the molecule is CC(C)(C)C1CCN(CCOCCS)CC1. The number of ether oxygens (including phenoxy) is 1. The molecule has 0 unspecified atom stereocenters. The summed E-state index contributed by atoms with van der Waals surface area (Å²) in [7, 11) is 0. The summed E-state index contributed by atoms with van der Waals surface area (Å²) in [5.74, 6) is 1.72. The van der Waals surface area contributed by atoms with Crippen molar-refractivity contribution in [3.63, 3.8) is 0 Å². The Labute approximate surface area is 106 Å². The third kappa shape index (κ3) is 5.07. The van der Waals surface area contributed by atoms with E-state index in [1.165, 1.54) is 25.9 Å². The molecular weight excluding hydrogens is 218 g/mol. The second-order valence-corrected chi connectivity index (χ2v) is 6.27. The Morgan fingerprint density at radius 1 is 1.19 bits per heavy atom. The molecule has 0 saturated carbocycles.